The molecule has 1 radical (unpaired) electrons. The van der Waals surface area contributed by atoms with E-state index in [1.165, 1.54) is 12.1 Å². The number of ether oxygens (including phenoxy) is 5. The summed E-state index contributed by atoms with van der Waals surface area (Å²) in [7, 11) is 0. The first-order valence-corrected chi connectivity index (χ1v) is 29.3. The van der Waals surface area contributed by atoms with Crippen LogP contribution < -0.4 is 5.32 Å². The lowest BCUT2D eigenvalue weighted by molar-refractivity contribution is -0.155. The Hall–Kier alpha value is -10.8. The first-order valence-electron chi connectivity index (χ1n) is 29.3. The van der Waals surface area contributed by atoms with Crippen molar-refractivity contribution in [3.05, 3.63) is 239 Å². The Morgan fingerprint density at radius 3 is 1.24 bits per heavy atom. The minimum Gasteiger partial charge on any atom is -0.448 e. The zero-order valence-electron chi connectivity index (χ0n) is 50.2. The number of benzene rings is 7. The van der Waals surface area contributed by atoms with Crippen LogP contribution in [0.5, 0.6) is 0 Å². The van der Waals surface area contributed by atoms with E-state index in [0.717, 1.165) is 29.2 Å². The van der Waals surface area contributed by atoms with E-state index in [-0.39, 0.29) is 28.6 Å². The summed E-state index contributed by atoms with van der Waals surface area (Å²) in [6.07, 6.45) is -6.60. The van der Waals surface area contributed by atoms with Crippen molar-refractivity contribution in [2.75, 3.05) is 19.8 Å². The van der Waals surface area contributed by atoms with Crippen molar-refractivity contribution in [1.82, 2.24) is 24.9 Å². The molecule has 0 spiro atoms. The lowest BCUT2D eigenvalue weighted by Gasteiger charge is -2.37. The van der Waals surface area contributed by atoms with Gasteiger partial charge in [-0.25, -0.2) is 33.8 Å². The van der Waals surface area contributed by atoms with Crippen LogP contribution in [0.2, 0.25) is 0 Å². The maximum atomic E-state index is 16.0. The zero-order valence-corrected chi connectivity index (χ0v) is 50.2. The lowest BCUT2D eigenvalue weighted by Crippen LogP contribution is -2.64. The van der Waals surface area contributed by atoms with Crippen LogP contribution in [-0.4, -0.2) is 129 Å². The number of hydrogen-bond donors (Lipinski definition) is 2. The van der Waals surface area contributed by atoms with Crippen LogP contribution in [0.25, 0.3) is 11.1 Å². The topological polar surface area (TPSA) is 262 Å². The third-order valence-corrected chi connectivity index (χ3v) is 14.8. The molecule has 0 unspecified atom stereocenters. The molecule has 0 saturated carbocycles. The summed E-state index contributed by atoms with van der Waals surface area (Å²) in [4.78, 5) is 149. The van der Waals surface area contributed by atoms with Crippen molar-refractivity contribution in [2.45, 2.75) is 90.1 Å². The first-order chi connectivity index (χ1) is 44.1. The van der Waals surface area contributed by atoms with E-state index in [1.807, 2.05) is 48.5 Å². The normalized spacial score (nSPS) is 12.7. The maximum absolute atomic E-state index is 16.0. The van der Waals surface area contributed by atoms with E-state index in [4.69, 9.17) is 23.7 Å². The molecular weight excluding hydrogens is 1170 g/mol. The van der Waals surface area contributed by atoms with Crippen molar-refractivity contribution in [1.29, 1.82) is 0 Å². The summed E-state index contributed by atoms with van der Waals surface area (Å²) >= 11 is 0. The molecule has 7 aromatic rings. The van der Waals surface area contributed by atoms with Crippen molar-refractivity contribution in [3.63, 3.8) is 0 Å². The van der Waals surface area contributed by atoms with Gasteiger partial charge in [0.1, 0.15) is 57.2 Å². The van der Waals surface area contributed by atoms with Crippen LogP contribution in [0.1, 0.15) is 72.1 Å². The van der Waals surface area contributed by atoms with Gasteiger partial charge in [-0.1, -0.05) is 214 Å². The smallest absolute Gasteiger partial charge is 0.420 e. The van der Waals surface area contributed by atoms with Gasteiger partial charge in [-0.15, -0.1) is 0 Å². The molecule has 9 amide bonds. The highest BCUT2D eigenvalue weighted by Crippen LogP contribution is 2.44. The van der Waals surface area contributed by atoms with Gasteiger partial charge in [-0.05, 0) is 69.3 Å². The van der Waals surface area contributed by atoms with Gasteiger partial charge in [0, 0.05) is 12.3 Å². The van der Waals surface area contributed by atoms with Crippen LogP contribution in [0, 0.1) is 5.92 Å². The van der Waals surface area contributed by atoms with Gasteiger partial charge in [0.2, 0.25) is 6.29 Å². The predicted molar refractivity (Wildman–Crippen MR) is 330 cm³/mol. The molecule has 91 heavy (non-hydrogen) atoms. The molecule has 21 nitrogen and oxygen atoms in total. The molecule has 0 aliphatic heterocycles. The highest BCUT2D eigenvalue weighted by atomic mass is 16.6. The quantitative estimate of drug-likeness (QED) is 0.0504. The summed E-state index contributed by atoms with van der Waals surface area (Å²) in [6, 6.07) is 47.4. The average molecular weight is 1240 g/mol. The number of rotatable bonds is 25. The molecule has 0 fully saturated rings. The molecule has 0 saturated heterocycles. The van der Waals surface area contributed by atoms with Gasteiger partial charge >= 0.3 is 30.5 Å². The molecule has 1 aliphatic rings. The minimum atomic E-state index is -2.49. The molecule has 21 heteroatoms. The number of carbonyl (C=O) groups excluding carboxylic acids is 10. The molecule has 0 bridgehead atoms. The van der Waals surface area contributed by atoms with Crippen LogP contribution >= 0.6 is 0 Å². The van der Waals surface area contributed by atoms with E-state index in [0.29, 0.717) is 32.1 Å². The van der Waals surface area contributed by atoms with Crippen LogP contribution in [-0.2, 0) is 80.5 Å². The molecule has 8 rings (SSSR count). The van der Waals surface area contributed by atoms with Crippen molar-refractivity contribution >= 4 is 60.4 Å². The Morgan fingerprint density at radius 1 is 0.440 bits per heavy atom. The number of nitrogens with zero attached hydrogens (tertiary/aromatic N) is 4. The number of aliphatic hydroxyl groups is 1. The molecule has 0 aromatic heterocycles. The number of aliphatic hydroxyl groups excluding tert-OH is 1. The fraction of sp³-hybridized carbons (Fsp3) is 0.257. The van der Waals surface area contributed by atoms with Gasteiger partial charge in [0.05, 0.1) is 13.2 Å². The van der Waals surface area contributed by atoms with E-state index in [2.05, 4.69) is 5.32 Å². The fourth-order valence-electron chi connectivity index (χ4n) is 10.3. The Labute approximate surface area is 526 Å². The maximum Gasteiger partial charge on any atom is 0.420 e. The number of nitrogens with one attached hydrogen (secondary N) is 1. The fourth-order valence-corrected chi connectivity index (χ4v) is 10.3. The standard InChI is InChI=1S/C70H68N5O16/c1-47(2)39-59(75(69(85)90-45-53-31-17-8-18-32-53)70(86)91-46-58-56-35-21-19-33-54(56)55-34-20-22-36-57(55)58)63(79)72(37-38-76)64(80)60(40-49-23-9-4-10-24-49)73(67(83)88-43-51-27-13-6-14-28-51)65(81)61(41-77)74(68(84)89-44-52-29-15-7-16-30-52)62(78)48(3)71-66(82)87-42-50-25-11-5-12-26-50/h4-36,47-48,58-61,77H,37,39-46H2,1-3H3,(H,71,82)/t48-,59-,60-,61-/m0/s1. The summed E-state index contributed by atoms with van der Waals surface area (Å²) < 4.78 is 28.4. The van der Waals surface area contributed by atoms with Gasteiger partial charge in [-0.2, -0.15) is 4.90 Å². The van der Waals surface area contributed by atoms with Crippen molar-refractivity contribution in [2.24, 2.45) is 5.92 Å². The van der Waals surface area contributed by atoms with Gasteiger partial charge in [0.15, 0.2) is 0 Å². The highest BCUT2D eigenvalue weighted by molar-refractivity contribution is 6.09. The molecule has 0 heterocycles. The Kier molecular flexibility index (Phi) is 23.6. The summed E-state index contributed by atoms with van der Waals surface area (Å²) in [5.41, 5.74) is 5.52. The van der Waals surface area contributed by atoms with E-state index >= 15 is 19.2 Å². The molecule has 7 aromatic carbocycles. The molecule has 4 atom stereocenters. The van der Waals surface area contributed by atoms with E-state index < -0.39 is 136 Å². The second-order valence-electron chi connectivity index (χ2n) is 21.6. The Morgan fingerprint density at radius 2 is 0.813 bits per heavy atom. The van der Waals surface area contributed by atoms with E-state index in [9.17, 15) is 33.9 Å². The SMILES string of the molecule is CC(C)C[C@@H](C(=O)N(C[C]=O)C(=O)[C@H](Cc1ccccc1)N(C(=O)OCc1ccccc1)C(=O)[C@H](CO)N(C(=O)OCc1ccccc1)C(=O)[C@H](C)NC(=O)OCc1ccccc1)N(C(=O)OCc1ccccc1)C(=O)OCC1c2ccccc2-c2ccccc21. The summed E-state index contributed by atoms with van der Waals surface area (Å²) in [5.74, 6) is -7.04. The zero-order chi connectivity index (χ0) is 64.8. The van der Waals surface area contributed by atoms with E-state index in [1.54, 1.807) is 160 Å². The molecule has 469 valence electrons. The number of alkyl carbamates (subject to hydrolysis) is 1. The number of carbonyl (C=O) groups is 9. The van der Waals surface area contributed by atoms with Crippen LogP contribution in [0.15, 0.2) is 200 Å². The van der Waals surface area contributed by atoms with Crippen molar-refractivity contribution < 1.29 is 76.7 Å². The highest BCUT2D eigenvalue weighted by Gasteiger charge is 2.49. The summed E-state index contributed by atoms with van der Waals surface area (Å²) in [5, 5.41) is 13.7. The van der Waals surface area contributed by atoms with Crippen LogP contribution in [0.3, 0.4) is 0 Å². The Balaban J connectivity index is 1.20. The number of fused-ring (bicyclic) bond motifs is 3. The number of hydrogen-bond acceptors (Lipinski definition) is 16. The largest absolute Gasteiger partial charge is 0.448 e. The third kappa shape index (κ3) is 17.3. The number of amides is 9. The van der Waals surface area contributed by atoms with Gasteiger partial charge in [-0.3, -0.25) is 28.9 Å². The average Bonchev–Trinajstić information content (AvgIpc) is 1.75. The monoisotopic (exact) mass is 1230 g/mol. The minimum absolute atomic E-state index is 0.170. The second-order valence-corrected chi connectivity index (χ2v) is 21.6. The summed E-state index contributed by atoms with van der Waals surface area (Å²) in [6.45, 7) is -0.298. The molecule has 2 N–H and O–H groups in total. The van der Waals surface area contributed by atoms with Gasteiger partial charge in [0.25, 0.3) is 23.6 Å². The number of imide groups is 4. The first kappa shape index (κ1) is 66.2. The van der Waals surface area contributed by atoms with Crippen LogP contribution in [0.4, 0.5) is 24.0 Å². The van der Waals surface area contributed by atoms with Gasteiger partial charge < -0.3 is 34.1 Å². The van der Waals surface area contributed by atoms with Crippen molar-refractivity contribution in [3.8, 4) is 11.1 Å². The molecule has 1 aliphatic carbocycles. The lowest BCUT2D eigenvalue weighted by atomic mass is 9.98. The third-order valence-electron chi connectivity index (χ3n) is 14.8. The molecular formula is C70H68N5O16. The Bertz CT molecular complexity index is 3610. The predicted octanol–water partition coefficient (Wildman–Crippen LogP) is 10.1. The second kappa shape index (κ2) is 32.4.